The summed E-state index contributed by atoms with van der Waals surface area (Å²) in [6.45, 7) is 16.1. The minimum Gasteiger partial charge on any atom is -0.308 e. The average molecular weight is 460 g/mol. The van der Waals surface area contributed by atoms with Crippen molar-refractivity contribution in [1.29, 1.82) is 0 Å². The fraction of sp³-hybridized carbons (Fsp3) is 0.294. The van der Waals surface area contributed by atoms with Crippen LogP contribution in [0.3, 0.4) is 0 Å². The second-order valence-electron chi connectivity index (χ2n) is 11.8. The summed E-state index contributed by atoms with van der Waals surface area (Å²) in [5.74, 6) is 0. The lowest BCUT2D eigenvalue weighted by molar-refractivity contribution is 0.569. The van der Waals surface area contributed by atoms with Gasteiger partial charge >= 0.3 is 0 Å². The Balaban J connectivity index is 1.93. The summed E-state index contributed by atoms with van der Waals surface area (Å²) < 4.78 is 2.50. The van der Waals surface area contributed by atoms with E-state index < -0.39 is 0 Å². The number of aryl methyl sites for hydroxylation is 1. The normalized spacial score (nSPS) is 12.5. The Kier molecular flexibility index (Phi) is 5.63. The molecule has 0 amide bonds. The van der Waals surface area contributed by atoms with E-state index in [2.05, 4.69) is 138 Å². The molecule has 1 heteroatoms. The van der Waals surface area contributed by atoms with Crippen LogP contribution in [0.15, 0.2) is 84.9 Å². The number of aromatic nitrogens is 1. The van der Waals surface area contributed by atoms with Crippen LogP contribution in [0, 0.1) is 0 Å². The van der Waals surface area contributed by atoms with Crippen LogP contribution in [0.4, 0.5) is 0 Å². The van der Waals surface area contributed by atoms with Crippen LogP contribution in [0.5, 0.6) is 0 Å². The third-order valence-corrected chi connectivity index (χ3v) is 7.28. The topological polar surface area (TPSA) is 4.93 Å². The third-order valence-electron chi connectivity index (χ3n) is 7.28. The summed E-state index contributed by atoms with van der Waals surface area (Å²) in [5.41, 5.74) is 10.7. The predicted molar refractivity (Wildman–Crippen MR) is 153 cm³/mol. The molecule has 0 aliphatic heterocycles. The van der Waals surface area contributed by atoms with Crippen LogP contribution in [0.2, 0.25) is 0 Å². The molecule has 1 aromatic heterocycles. The fourth-order valence-electron chi connectivity index (χ4n) is 5.18. The Morgan fingerprint density at radius 2 is 1.23 bits per heavy atom. The van der Waals surface area contributed by atoms with Gasteiger partial charge in [0.15, 0.2) is 0 Å². The van der Waals surface area contributed by atoms with Gasteiger partial charge in [-0.15, -0.1) is 0 Å². The Labute approximate surface area is 210 Å². The lowest BCUT2D eigenvalue weighted by atomic mass is 9.79. The molecule has 0 atom stereocenters. The van der Waals surface area contributed by atoms with Gasteiger partial charge < -0.3 is 4.57 Å². The van der Waals surface area contributed by atoms with E-state index in [0.717, 1.165) is 6.42 Å². The molecule has 0 unspecified atom stereocenters. The number of hydrogen-bond acceptors (Lipinski definition) is 0. The summed E-state index contributed by atoms with van der Waals surface area (Å²) in [5, 5.41) is 2.61. The molecule has 1 heterocycles. The summed E-state index contributed by atoms with van der Waals surface area (Å²) in [6, 6.07) is 31.7. The minimum atomic E-state index is 0.0748. The Hall–Kier alpha value is -3.32. The summed E-state index contributed by atoms with van der Waals surface area (Å²) in [4.78, 5) is 0. The largest absolute Gasteiger partial charge is 0.308 e. The van der Waals surface area contributed by atoms with Crippen LogP contribution >= 0.6 is 0 Å². The third kappa shape index (κ3) is 4.08. The summed E-state index contributed by atoms with van der Waals surface area (Å²) >= 11 is 0. The first kappa shape index (κ1) is 23.4. The van der Waals surface area contributed by atoms with Crippen molar-refractivity contribution in [3.05, 3.63) is 102 Å². The number of hydrogen-bond donors (Lipinski definition) is 0. The van der Waals surface area contributed by atoms with Gasteiger partial charge in [-0.2, -0.15) is 0 Å². The van der Waals surface area contributed by atoms with E-state index in [4.69, 9.17) is 0 Å². The minimum absolute atomic E-state index is 0.0748. The maximum atomic E-state index is 2.50. The Morgan fingerprint density at radius 3 is 1.89 bits per heavy atom. The highest BCUT2D eigenvalue weighted by Gasteiger charge is 2.23. The van der Waals surface area contributed by atoms with Crippen molar-refractivity contribution in [2.24, 2.45) is 0 Å². The highest BCUT2D eigenvalue weighted by molar-refractivity contribution is 6.13. The van der Waals surface area contributed by atoms with Gasteiger partial charge in [0.1, 0.15) is 0 Å². The Bertz CT molecular complexity index is 1500. The standard InChI is InChI=1S/C34H37N/c1-8-23-14-9-11-18-30(23)35-31-19-12-10-15-28(31)29-17-13-16-27(32(29)35)24-20-25(33(2,3)4)22-26(21-24)34(5,6)7/h9-22H,8H2,1-7H3. The van der Waals surface area contributed by atoms with Gasteiger partial charge in [0.05, 0.1) is 11.0 Å². The quantitative estimate of drug-likeness (QED) is 0.253. The molecular weight excluding hydrogens is 422 g/mol. The smallest absolute Gasteiger partial charge is 0.0619 e. The maximum absolute atomic E-state index is 2.50. The van der Waals surface area contributed by atoms with Crippen molar-refractivity contribution in [3.8, 4) is 16.8 Å². The van der Waals surface area contributed by atoms with Crippen LogP contribution in [-0.2, 0) is 17.3 Å². The zero-order valence-corrected chi connectivity index (χ0v) is 22.2. The first-order valence-corrected chi connectivity index (χ1v) is 12.9. The van der Waals surface area contributed by atoms with Gasteiger partial charge in [0.2, 0.25) is 0 Å². The van der Waals surface area contributed by atoms with E-state index in [9.17, 15) is 0 Å². The molecule has 4 aromatic carbocycles. The van der Waals surface area contributed by atoms with E-state index in [-0.39, 0.29) is 10.8 Å². The highest BCUT2D eigenvalue weighted by Crippen LogP contribution is 2.41. The molecule has 0 bridgehead atoms. The predicted octanol–water partition coefficient (Wildman–Crippen LogP) is 9.61. The number of benzene rings is 4. The molecule has 35 heavy (non-hydrogen) atoms. The second kappa shape index (κ2) is 8.41. The van der Waals surface area contributed by atoms with Gasteiger partial charge in [-0.1, -0.05) is 121 Å². The molecule has 5 aromatic rings. The number of fused-ring (bicyclic) bond motifs is 3. The van der Waals surface area contributed by atoms with Crippen molar-refractivity contribution in [3.63, 3.8) is 0 Å². The molecule has 5 rings (SSSR count). The Morgan fingerprint density at radius 1 is 0.629 bits per heavy atom. The van der Waals surface area contributed by atoms with Gasteiger partial charge in [-0.05, 0) is 51.6 Å². The molecular formula is C34H37N. The molecule has 0 N–H and O–H groups in total. The number of nitrogens with zero attached hydrogens (tertiary/aromatic N) is 1. The molecule has 0 saturated heterocycles. The number of rotatable bonds is 3. The van der Waals surface area contributed by atoms with Crippen LogP contribution < -0.4 is 0 Å². The lowest BCUT2D eigenvalue weighted by Crippen LogP contribution is -2.16. The van der Waals surface area contributed by atoms with Gasteiger partial charge in [-0.25, -0.2) is 0 Å². The zero-order chi connectivity index (χ0) is 25.0. The number of para-hydroxylation sites is 3. The van der Waals surface area contributed by atoms with Gasteiger partial charge in [0, 0.05) is 22.0 Å². The molecule has 178 valence electrons. The summed E-state index contributed by atoms with van der Waals surface area (Å²) in [6.07, 6.45) is 1.00. The SMILES string of the molecule is CCc1ccccc1-n1c2ccccc2c2cccc(-c3cc(C(C)(C)C)cc(C(C)(C)C)c3)c21. The van der Waals surface area contributed by atoms with Crippen molar-refractivity contribution >= 4 is 21.8 Å². The van der Waals surface area contributed by atoms with E-state index in [1.165, 1.54) is 55.3 Å². The first-order chi connectivity index (χ1) is 16.6. The second-order valence-corrected chi connectivity index (χ2v) is 11.8. The molecule has 0 aliphatic carbocycles. The van der Waals surface area contributed by atoms with Gasteiger partial charge in [-0.3, -0.25) is 0 Å². The van der Waals surface area contributed by atoms with Gasteiger partial charge in [0.25, 0.3) is 0 Å². The van der Waals surface area contributed by atoms with Crippen molar-refractivity contribution in [1.82, 2.24) is 4.57 Å². The van der Waals surface area contributed by atoms with Crippen molar-refractivity contribution in [2.45, 2.75) is 65.7 Å². The highest BCUT2D eigenvalue weighted by atomic mass is 15.0. The van der Waals surface area contributed by atoms with Crippen molar-refractivity contribution < 1.29 is 0 Å². The van der Waals surface area contributed by atoms with Crippen LogP contribution in [0.1, 0.15) is 65.2 Å². The molecule has 1 nitrogen and oxygen atoms in total. The van der Waals surface area contributed by atoms with E-state index in [1.54, 1.807) is 0 Å². The maximum Gasteiger partial charge on any atom is 0.0619 e. The fourth-order valence-corrected chi connectivity index (χ4v) is 5.18. The molecule has 0 saturated carbocycles. The van der Waals surface area contributed by atoms with E-state index >= 15 is 0 Å². The first-order valence-electron chi connectivity index (χ1n) is 12.9. The van der Waals surface area contributed by atoms with Crippen LogP contribution in [0.25, 0.3) is 38.6 Å². The molecule has 0 spiro atoms. The zero-order valence-electron chi connectivity index (χ0n) is 22.2. The van der Waals surface area contributed by atoms with E-state index in [0.29, 0.717) is 0 Å². The molecule has 0 radical (unpaired) electrons. The van der Waals surface area contributed by atoms with Crippen molar-refractivity contribution in [2.75, 3.05) is 0 Å². The van der Waals surface area contributed by atoms with Crippen LogP contribution in [-0.4, -0.2) is 4.57 Å². The van der Waals surface area contributed by atoms with E-state index in [1.807, 2.05) is 0 Å². The lowest BCUT2D eigenvalue weighted by Gasteiger charge is -2.26. The monoisotopic (exact) mass is 459 g/mol. The molecule has 0 aliphatic rings. The summed E-state index contributed by atoms with van der Waals surface area (Å²) in [7, 11) is 0. The average Bonchev–Trinajstić information content (AvgIpc) is 3.17. The molecule has 0 fully saturated rings.